The fourth-order valence-corrected chi connectivity index (χ4v) is 4.74. The topological polar surface area (TPSA) is 116 Å². The highest BCUT2D eigenvalue weighted by atomic mass is 16.3. The molecular weight excluding hydrogens is 454 g/mol. The molecular formula is C28H21N5O3. The molecule has 5 aromatic rings. The third-order valence-electron chi connectivity index (χ3n) is 6.67. The van der Waals surface area contributed by atoms with Crippen LogP contribution in [0.1, 0.15) is 40.5 Å². The number of rotatable bonds is 3. The summed E-state index contributed by atoms with van der Waals surface area (Å²) in [5.74, 6) is 1.11. The zero-order valence-electron chi connectivity index (χ0n) is 19.3. The lowest BCUT2D eigenvalue weighted by atomic mass is 9.95. The molecule has 0 spiro atoms. The van der Waals surface area contributed by atoms with E-state index in [1.165, 1.54) is 0 Å². The molecule has 8 heteroatoms. The molecule has 0 radical (unpaired) electrons. The van der Waals surface area contributed by atoms with Gasteiger partial charge in [-0.15, -0.1) is 0 Å². The van der Waals surface area contributed by atoms with Crippen LogP contribution in [0, 0.1) is 11.3 Å². The molecule has 6 rings (SSSR count). The number of aromatic nitrogens is 3. The zero-order valence-corrected chi connectivity index (χ0v) is 19.3. The molecule has 1 aliphatic heterocycles. The van der Waals surface area contributed by atoms with E-state index in [0.717, 1.165) is 12.8 Å². The molecule has 176 valence electrons. The first kappa shape index (κ1) is 21.7. The van der Waals surface area contributed by atoms with Crippen LogP contribution in [0.25, 0.3) is 33.5 Å². The third kappa shape index (κ3) is 3.91. The summed E-state index contributed by atoms with van der Waals surface area (Å²) in [6, 6.07) is 21.7. The first-order valence-electron chi connectivity index (χ1n) is 11.8. The first-order chi connectivity index (χ1) is 17.6. The normalized spacial score (nSPS) is 14.2. The number of carbonyl (C=O) groups excluding carboxylic acids is 1. The molecule has 3 heterocycles. The summed E-state index contributed by atoms with van der Waals surface area (Å²) in [4.78, 5) is 39.6. The minimum atomic E-state index is -0.131. The number of carbonyl (C=O) groups is 1. The Labute approximate surface area is 205 Å². The van der Waals surface area contributed by atoms with Crippen LogP contribution < -0.4 is 5.56 Å². The minimum absolute atomic E-state index is 0.0697. The Bertz CT molecular complexity index is 1720. The molecule has 0 bridgehead atoms. The predicted octanol–water partition coefficient (Wildman–Crippen LogP) is 4.62. The van der Waals surface area contributed by atoms with Crippen molar-refractivity contribution in [3.63, 3.8) is 0 Å². The van der Waals surface area contributed by atoms with Gasteiger partial charge in [0.05, 0.1) is 22.5 Å². The van der Waals surface area contributed by atoms with Crippen molar-refractivity contribution in [1.82, 2.24) is 19.9 Å². The number of nitriles is 1. The van der Waals surface area contributed by atoms with Crippen molar-refractivity contribution in [1.29, 1.82) is 5.26 Å². The Morgan fingerprint density at radius 2 is 1.83 bits per heavy atom. The molecule has 0 unspecified atom stereocenters. The fourth-order valence-electron chi connectivity index (χ4n) is 4.74. The lowest BCUT2D eigenvalue weighted by Crippen LogP contribution is -2.38. The Morgan fingerprint density at radius 1 is 1.00 bits per heavy atom. The number of nitrogens with zero attached hydrogens (tertiary/aromatic N) is 4. The number of aromatic amines is 1. The molecule has 1 amide bonds. The van der Waals surface area contributed by atoms with Crippen molar-refractivity contribution < 1.29 is 9.21 Å². The van der Waals surface area contributed by atoms with Gasteiger partial charge in [-0.3, -0.25) is 9.59 Å². The van der Waals surface area contributed by atoms with Gasteiger partial charge in [-0.1, -0.05) is 18.2 Å². The summed E-state index contributed by atoms with van der Waals surface area (Å²) >= 11 is 0. The second-order valence-corrected chi connectivity index (χ2v) is 8.93. The van der Waals surface area contributed by atoms with Crippen LogP contribution in [-0.2, 0) is 0 Å². The molecule has 0 saturated carbocycles. The predicted molar refractivity (Wildman–Crippen MR) is 134 cm³/mol. The van der Waals surface area contributed by atoms with Crippen molar-refractivity contribution in [2.75, 3.05) is 13.1 Å². The number of likely N-dealkylation sites (tertiary alicyclic amines) is 1. The van der Waals surface area contributed by atoms with E-state index in [0.29, 0.717) is 63.5 Å². The van der Waals surface area contributed by atoms with Crippen molar-refractivity contribution in [3.8, 4) is 17.5 Å². The molecule has 2 aromatic heterocycles. The highest BCUT2D eigenvalue weighted by molar-refractivity contribution is 5.97. The number of benzene rings is 3. The van der Waals surface area contributed by atoms with Crippen molar-refractivity contribution >= 4 is 27.9 Å². The van der Waals surface area contributed by atoms with Gasteiger partial charge in [0.25, 0.3) is 11.5 Å². The van der Waals surface area contributed by atoms with E-state index in [4.69, 9.17) is 9.68 Å². The lowest BCUT2D eigenvalue weighted by molar-refractivity contribution is 0.0711. The molecule has 1 N–H and O–H groups in total. The van der Waals surface area contributed by atoms with Gasteiger partial charge in [0, 0.05) is 30.1 Å². The number of piperidine rings is 1. The van der Waals surface area contributed by atoms with Crippen LogP contribution in [0.5, 0.6) is 0 Å². The fraction of sp³-hybridized carbons (Fsp3) is 0.179. The summed E-state index contributed by atoms with van der Waals surface area (Å²) in [5, 5.41) is 9.72. The van der Waals surface area contributed by atoms with Gasteiger partial charge in [-0.25, -0.2) is 9.97 Å². The van der Waals surface area contributed by atoms with Crippen LogP contribution in [0.4, 0.5) is 0 Å². The van der Waals surface area contributed by atoms with Crippen LogP contribution in [0.2, 0.25) is 0 Å². The number of H-pyrrole nitrogens is 1. The maximum Gasteiger partial charge on any atom is 0.258 e. The highest BCUT2D eigenvalue weighted by Crippen LogP contribution is 2.29. The van der Waals surface area contributed by atoms with E-state index < -0.39 is 0 Å². The molecule has 8 nitrogen and oxygen atoms in total. The van der Waals surface area contributed by atoms with Crippen molar-refractivity contribution in [3.05, 3.63) is 94.0 Å². The summed E-state index contributed by atoms with van der Waals surface area (Å²) in [6.45, 7) is 1.14. The molecule has 1 aliphatic rings. The van der Waals surface area contributed by atoms with E-state index in [1.807, 2.05) is 29.2 Å². The number of hydrogen-bond donors (Lipinski definition) is 1. The largest absolute Gasteiger partial charge is 0.436 e. The smallest absolute Gasteiger partial charge is 0.258 e. The number of amides is 1. The molecule has 0 aliphatic carbocycles. The van der Waals surface area contributed by atoms with E-state index in [1.54, 1.807) is 42.5 Å². The summed E-state index contributed by atoms with van der Waals surface area (Å²) in [5.41, 5.74) is 3.49. The summed E-state index contributed by atoms with van der Waals surface area (Å²) in [7, 11) is 0. The summed E-state index contributed by atoms with van der Waals surface area (Å²) in [6.07, 6.45) is 1.44. The first-order valence-corrected chi connectivity index (χ1v) is 11.8. The van der Waals surface area contributed by atoms with E-state index in [2.05, 4.69) is 21.0 Å². The van der Waals surface area contributed by atoms with Gasteiger partial charge < -0.3 is 14.3 Å². The molecule has 3 aromatic carbocycles. The third-order valence-corrected chi connectivity index (χ3v) is 6.67. The average Bonchev–Trinajstić information content (AvgIpc) is 3.36. The Kier molecular flexibility index (Phi) is 5.30. The number of nitrogens with one attached hydrogen (secondary N) is 1. The van der Waals surface area contributed by atoms with Gasteiger partial charge in [0.15, 0.2) is 5.58 Å². The maximum absolute atomic E-state index is 13.2. The van der Waals surface area contributed by atoms with Crippen LogP contribution in [0.15, 0.2) is 75.9 Å². The van der Waals surface area contributed by atoms with Crippen LogP contribution in [0.3, 0.4) is 0 Å². The lowest BCUT2D eigenvalue weighted by Gasteiger charge is -2.31. The van der Waals surface area contributed by atoms with E-state index >= 15 is 0 Å². The van der Waals surface area contributed by atoms with Crippen molar-refractivity contribution in [2.24, 2.45) is 0 Å². The van der Waals surface area contributed by atoms with Gasteiger partial charge in [-0.2, -0.15) is 5.26 Å². The number of fused-ring (bicyclic) bond motifs is 2. The van der Waals surface area contributed by atoms with Crippen LogP contribution >= 0.6 is 0 Å². The van der Waals surface area contributed by atoms with Crippen LogP contribution in [-0.4, -0.2) is 38.8 Å². The second-order valence-electron chi connectivity index (χ2n) is 8.93. The number of oxazole rings is 1. The molecule has 36 heavy (non-hydrogen) atoms. The van der Waals surface area contributed by atoms with Gasteiger partial charge in [0.1, 0.15) is 11.3 Å². The van der Waals surface area contributed by atoms with Gasteiger partial charge in [-0.05, 0) is 61.4 Å². The molecule has 0 atom stereocenters. The van der Waals surface area contributed by atoms with E-state index in [9.17, 15) is 9.59 Å². The minimum Gasteiger partial charge on any atom is -0.436 e. The monoisotopic (exact) mass is 475 g/mol. The number of hydrogen-bond acceptors (Lipinski definition) is 6. The molecule has 1 saturated heterocycles. The average molecular weight is 476 g/mol. The highest BCUT2D eigenvalue weighted by Gasteiger charge is 2.26. The quantitative estimate of drug-likeness (QED) is 0.407. The molecule has 1 fully saturated rings. The SMILES string of the molecule is N#Cc1cccc(-c2nc3ccc(C(=O)N4CCC(c5nc6ccccc6c(=O)[nH]5)CC4)cc3o2)c1. The Balaban J connectivity index is 1.19. The Morgan fingerprint density at radius 3 is 2.67 bits per heavy atom. The van der Waals surface area contributed by atoms with Crippen molar-refractivity contribution in [2.45, 2.75) is 18.8 Å². The zero-order chi connectivity index (χ0) is 24.6. The standard InChI is InChI=1S/C28H21N5O3/c29-16-17-4-3-5-19(14-17)27-31-23-9-8-20(15-24(23)36-27)28(35)33-12-10-18(11-13-33)25-30-22-7-2-1-6-21(22)26(34)32-25/h1-9,14-15,18H,10-13H2,(H,30,32,34). The van der Waals surface area contributed by atoms with Gasteiger partial charge >= 0.3 is 0 Å². The second kappa shape index (κ2) is 8.78. The number of para-hydroxylation sites is 1. The Hall–Kier alpha value is -4.77. The van der Waals surface area contributed by atoms with Gasteiger partial charge in [0.2, 0.25) is 5.89 Å². The summed E-state index contributed by atoms with van der Waals surface area (Å²) < 4.78 is 5.92. The maximum atomic E-state index is 13.2. The van der Waals surface area contributed by atoms with E-state index in [-0.39, 0.29) is 17.4 Å².